The van der Waals surface area contributed by atoms with Crippen molar-refractivity contribution < 1.29 is 9.90 Å². The summed E-state index contributed by atoms with van der Waals surface area (Å²) in [7, 11) is 0. The Labute approximate surface area is 157 Å². The first kappa shape index (κ1) is 22.4. The second-order valence-corrected chi connectivity index (χ2v) is 6.23. The topological polar surface area (TPSA) is 91.0 Å². The first-order chi connectivity index (χ1) is 10.4. The zero-order valence-corrected chi connectivity index (χ0v) is 17.0. The summed E-state index contributed by atoms with van der Waals surface area (Å²) in [6, 6.07) is 0. The van der Waals surface area contributed by atoms with Crippen LogP contribution in [0, 0.1) is 5.92 Å². The summed E-state index contributed by atoms with van der Waals surface area (Å²) in [5.41, 5.74) is 4.59. The molecule has 0 radical (unpaired) electrons. The first-order valence-corrected chi connectivity index (χ1v) is 8.48. The van der Waals surface area contributed by atoms with Gasteiger partial charge < -0.3 is 21.1 Å². The number of hydrogen-bond acceptors (Lipinski definition) is 3. The lowest BCUT2D eigenvalue weighted by Gasteiger charge is -2.35. The van der Waals surface area contributed by atoms with Crippen LogP contribution in [0.25, 0.3) is 0 Å². The van der Waals surface area contributed by atoms with Crippen molar-refractivity contribution in [3.05, 3.63) is 0 Å². The van der Waals surface area contributed by atoms with Gasteiger partial charge in [0.05, 0.1) is 12.1 Å². The number of carbonyl (C=O) groups excluding carboxylic acids is 1. The van der Waals surface area contributed by atoms with Crippen LogP contribution < -0.4 is 11.1 Å². The molecule has 7 heteroatoms. The van der Waals surface area contributed by atoms with E-state index in [2.05, 4.69) is 15.2 Å². The number of nitrogens with zero attached hydrogens (tertiary/aromatic N) is 2. The van der Waals surface area contributed by atoms with Crippen LogP contribution in [-0.2, 0) is 4.79 Å². The van der Waals surface area contributed by atoms with Crippen molar-refractivity contribution >= 4 is 35.8 Å². The predicted molar refractivity (Wildman–Crippen MR) is 105 cm³/mol. The lowest BCUT2D eigenvalue weighted by atomic mass is 9.94. The second kappa shape index (κ2) is 11.1. The third-order valence-corrected chi connectivity index (χ3v) is 4.48. The van der Waals surface area contributed by atoms with Gasteiger partial charge in [0.25, 0.3) is 0 Å². The highest BCUT2D eigenvalue weighted by Crippen LogP contribution is 2.20. The van der Waals surface area contributed by atoms with E-state index in [1.807, 2.05) is 20.8 Å². The molecule has 23 heavy (non-hydrogen) atoms. The minimum atomic E-state index is -0.733. The SMILES string of the molecule is CCNC(=NCC(O)(CC)CC)N1CCCC(CC(N)=O)C1.I. The fraction of sp³-hybridized carbons (Fsp3) is 0.875. The summed E-state index contributed by atoms with van der Waals surface area (Å²) >= 11 is 0. The number of piperidine rings is 1. The fourth-order valence-electron chi connectivity index (χ4n) is 2.83. The van der Waals surface area contributed by atoms with E-state index in [-0.39, 0.29) is 29.9 Å². The van der Waals surface area contributed by atoms with Crippen molar-refractivity contribution in [2.45, 2.75) is 58.5 Å². The molecule has 0 aromatic carbocycles. The molecule has 1 rings (SSSR count). The molecule has 0 saturated carbocycles. The molecule has 1 fully saturated rings. The van der Waals surface area contributed by atoms with Gasteiger partial charge in [0, 0.05) is 26.1 Å². The second-order valence-electron chi connectivity index (χ2n) is 6.23. The predicted octanol–water partition coefficient (Wildman–Crippen LogP) is 1.71. The number of primary amides is 1. The van der Waals surface area contributed by atoms with Gasteiger partial charge in [-0.25, -0.2) is 0 Å². The normalized spacial score (nSPS) is 19.2. The molecule has 1 amide bonds. The van der Waals surface area contributed by atoms with Crippen LogP contribution in [0.1, 0.15) is 52.9 Å². The summed E-state index contributed by atoms with van der Waals surface area (Å²) in [4.78, 5) is 17.9. The maximum absolute atomic E-state index is 11.1. The highest BCUT2D eigenvalue weighted by molar-refractivity contribution is 14.0. The van der Waals surface area contributed by atoms with Crippen LogP contribution in [0.5, 0.6) is 0 Å². The summed E-state index contributed by atoms with van der Waals surface area (Å²) < 4.78 is 0. The van der Waals surface area contributed by atoms with Crippen LogP contribution in [0.4, 0.5) is 0 Å². The molecule has 136 valence electrons. The number of aliphatic imine (C=N–C) groups is 1. The quantitative estimate of drug-likeness (QED) is 0.319. The van der Waals surface area contributed by atoms with Gasteiger partial charge in [-0.15, -0.1) is 24.0 Å². The van der Waals surface area contributed by atoms with Gasteiger partial charge in [-0.05, 0) is 38.5 Å². The number of likely N-dealkylation sites (tertiary alicyclic amines) is 1. The Kier molecular flexibility index (Phi) is 10.8. The number of carbonyl (C=O) groups is 1. The summed E-state index contributed by atoms with van der Waals surface area (Å²) in [6.07, 6.45) is 3.89. The molecule has 0 aromatic heterocycles. The lowest BCUT2D eigenvalue weighted by Crippen LogP contribution is -2.48. The largest absolute Gasteiger partial charge is 0.388 e. The van der Waals surface area contributed by atoms with Crippen LogP contribution in [-0.4, -0.2) is 53.7 Å². The molecule has 0 spiro atoms. The van der Waals surface area contributed by atoms with Gasteiger partial charge in [0.1, 0.15) is 0 Å². The minimum Gasteiger partial charge on any atom is -0.388 e. The monoisotopic (exact) mass is 440 g/mol. The Morgan fingerprint density at radius 3 is 2.57 bits per heavy atom. The van der Waals surface area contributed by atoms with Crippen molar-refractivity contribution in [1.82, 2.24) is 10.2 Å². The number of hydrogen-bond donors (Lipinski definition) is 3. The number of aliphatic hydroxyl groups is 1. The fourth-order valence-corrected chi connectivity index (χ4v) is 2.83. The zero-order valence-electron chi connectivity index (χ0n) is 14.7. The molecule has 1 unspecified atom stereocenters. The van der Waals surface area contributed by atoms with E-state index in [4.69, 9.17) is 5.73 Å². The van der Waals surface area contributed by atoms with Crippen molar-refractivity contribution in [1.29, 1.82) is 0 Å². The molecular formula is C16H33IN4O2. The van der Waals surface area contributed by atoms with E-state index in [9.17, 15) is 9.90 Å². The highest BCUT2D eigenvalue weighted by atomic mass is 127. The van der Waals surface area contributed by atoms with Gasteiger partial charge >= 0.3 is 0 Å². The van der Waals surface area contributed by atoms with E-state index in [0.717, 1.165) is 38.4 Å². The Balaban J connectivity index is 0.00000484. The van der Waals surface area contributed by atoms with E-state index < -0.39 is 5.60 Å². The van der Waals surface area contributed by atoms with Gasteiger partial charge in [-0.1, -0.05) is 13.8 Å². The maximum atomic E-state index is 11.1. The van der Waals surface area contributed by atoms with E-state index in [0.29, 0.717) is 31.7 Å². The average Bonchev–Trinajstić information content (AvgIpc) is 2.50. The Hall–Kier alpha value is -0.570. The van der Waals surface area contributed by atoms with Crippen LogP contribution in [0.15, 0.2) is 4.99 Å². The number of nitrogens with one attached hydrogen (secondary N) is 1. The van der Waals surface area contributed by atoms with Gasteiger partial charge in [-0.2, -0.15) is 0 Å². The molecule has 1 aliphatic rings. The van der Waals surface area contributed by atoms with Crippen molar-refractivity contribution in [3.8, 4) is 0 Å². The first-order valence-electron chi connectivity index (χ1n) is 8.48. The zero-order chi connectivity index (χ0) is 16.6. The molecule has 1 heterocycles. The summed E-state index contributed by atoms with van der Waals surface area (Å²) in [6.45, 7) is 8.91. The standard InChI is InChI=1S/C16H32N4O2.HI/c1-4-16(22,5-2)12-19-15(18-6-3)20-9-7-8-13(11-20)10-14(17)21;/h13,22H,4-12H2,1-3H3,(H2,17,21)(H,18,19);1H. The van der Waals surface area contributed by atoms with Gasteiger partial charge in [-0.3, -0.25) is 9.79 Å². The molecule has 1 saturated heterocycles. The van der Waals surface area contributed by atoms with Crippen molar-refractivity contribution in [2.24, 2.45) is 16.6 Å². The molecule has 0 aromatic rings. The highest BCUT2D eigenvalue weighted by Gasteiger charge is 2.25. The lowest BCUT2D eigenvalue weighted by molar-refractivity contribution is -0.119. The van der Waals surface area contributed by atoms with E-state index >= 15 is 0 Å². The Morgan fingerprint density at radius 2 is 2.04 bits per heavy atom. The average molecular weight is 440 g/mol. The molecule has 6 nitrogen and oxygen atoms in total. The Bertz CT molecular complexity index is 386. The van der Waals surface area contributed by atoms with Crippen LogP contribution in [0.3, 0.4) is 0 Å². The third-order valence-electron chi connectivity index (χ3n) is 4.48. The number of amides is 1. The number of rotatable bonds is 7. The molecular weight excluding hydrogens is 407 g/mol. The van der Waals surface area contributed by atoms with Gasteiger partial charge in [0.2, 0.25) is 5.91 Å². The number of guanidine groups is 1. The van der Waals surface area contributed by atoms with Crippen LogP contribution >= 0.6 is 24.0 Å². The maximum Gasteiger partial charge on any atom is 0.217 e. The summed E-state index contributed by atoms with van der Waals surface area (Å²) in [5.74, 6) is 0.892. The van der Waals surface area contributed by atoms with Gasteiger partial charge in [0.15, 0.2) is 5.96 Å². The van der Waals surface area contributed by atoms with Crippen molar-refractivity contribution in [3.63, 3.8) is 0 Å². The van der Waals surface area contributed by atoms with E-state index in [1.165, 1.54) is 0 Å². The molecule has 0 bridgehead atoms. The number of nitrogens with two attached hydrogens (primary N) is 1. The van der Waals surface area contributed by atoms with E-state index in [1.54, 1.807) is 0 Å². The Morgan fingerprint density at radius 1 is 1.39 bits per heavy atom. The third kappa shape index (κ3) is 7.69. The number of halogens is 1. The smallest absolute Gasteiger partial charge is 0.217 e. The molecule has 4 N–H and O–H groups in total. The molecule has 1 aliphatic heterocycles. The van der Waals surface area contributed by atoms with Crippen LogP contribution in [0.2, 0.25) is 0 Å². The summed E-state index contributed by atoms with van der Waals surface area (Å²) in [5, 5.41) is 13.7. The van der Waals surface area contributed by atoms with Crippen molar-refractivity contribution in [2.75, 3.05) is 26.2 Å². The molecule has 0 aliphatic carbocycles. The molecule has 1 atom stereocenters. The minimum absolute atomic E-state index is 0.